The third kappa shape index (κ3) is 3.64. The topological polar surface area (TPSA) is 29.9 Å². The maximum atomic E-state index is 13.3. The molecule has 1 N–H and O–H groups in total. The predicted molar refractivity (Wildman–Crippen MR) is 75.3 cm³/mol. The SMILES string of the molecule is Cc1ccc(-n2ncc(CNC(C)C)c2C(F)(F)F)cc1. The van der Waals surface area contributed by atoms with Crippen molar-refractivity contribution < 1.29 is 13.2 Å². The fourth-order valence-electron chi connectivity index (χ4n) is 2.01. The lowest BCUT2D eigenvalue weighted by Crippen LogP contribution is -2.24. The minimum absolute atomic E-state index is 0.105. The molecule has 114 valence electrons. The number of nitrogens with one attached hydrogen (secondary N) is 1. The molecule has 0 fully saturated rings. The van der Waals surface area contributed by atoms with Crippen LogP contribution in [-0.2, 0) is 12.7 Å². The number of hydrogen-bond acceptors (Lipinski definition) is 2. The quantitative estimate of drug-likeness (QED) is 0.932. The van der Waals surface area contributed by atoms with Crippen LogP contribution in [0.25, 0.3) is 5.69 Å². The molecule has 0 spiro atoms. The molecule has 0 aliphatic carbocycles. The Balaban J connectivity index is 2.44. The molecule has 1 aromatic carbocycles. The van der Waals surface area contributed by atoms with E-state index >= 15 is 0 Å². The summed E-state index contributed by atoms with van der Waals surface area (Å²) < 4.78 is 41.0. The molecule has 2 aromatic rings. The Morgan fingerprint density at radius 1 is 1.19 bits per heavy atom. The van der Waals surface area contributed by atoms with E-state index in [1.807, 2.05) is 20.8 Å². The summed E-state index contributed by atoms with van der Waals surface area (Å²) in [7, 11) is 0. The van der Waals surface area contributed by atoms with E-state index < -0.39 is 11.9 Å². The first-order valence-corrected chi connectivity index (χ1v) is 6.73. The lowest BCUT2D eigenvalue weighted by atomic mass is 10.2. The van der Waals surface area contributed by atoms with E-state index in [2.05, 4.69) is 10.4 Å². The molecule has 21 heavy (non-hydrogen) atoms. The number of halogens is 3. The van der Waals surface area contributed by atoms with Crippen LogP contribution in [0, 0.1) is 6.92 Å². The van der Waals surface area contributed by atoms with Gasteiger partial charge in [0.1, 0.15) is 0 Å². The van der Waals surface area contributed by atoms with Gasteiger partial charge in [-0.2, -0.15) is 18.3 Å². The van der Waals surface area contributed by atoms with Gasteiger partial charge in [-0.3, -0.25) is 0 Å². The van der Waals surface area contributed by atoms with Crippen LogP contribution in [-0.4, -0.2) is 15.8 Å². The standard InChI is InChI=1S/C15H18F3N3/c1-10(2)19-8-12-9-20-21(14(12)15(16,17)18)13-6-4-11(3)5-7-13/h4-7,9-10,19H,8H2,1-3H3. The zero-order chi connectivity index (χ0) is 15.6. The average Bonchev–Trinajstić information content (AvgIpc) is 2.81. The molecule has 0 saturated heterocycles. The van der Waals surface area contributed by atoms with Gasteiger partial charge in [-0.05, 0) is 19.1 Å². The van der Waals surface area contributed by atoms with E-state index in [4.69, 9.17) is 0 Å². The molecule has 3 nitrogen and oxygen atoms in total. The van der Waals surface area contributed by atoms with Crippen molar-refractivity contribution in [2.75, 3.05) is 0 Å². The van der Waals surface area contributed by atoms with Gasteiger partial charge in [0.05, 0.1) is 11.9 Å². The van der Waals surface area contributed by atoms with Gasteiger partial charge in [-0.15, -0.1) is 0 Å². The van der Waals surface area contributed by atoms with Crippen molar-refractivity contribution >= 4 is 0 Å². The Labute approximate surface area is 121 Å². The summed E-state index contributed by atoms with van der Waals surface area (Å²) in [6.45, 7) is 5.79. The third-order valence-corrected chi connectivity index (χ3v) is 3.09. The van der Waals surface area contributed by atoms with Crippen molar-refractivity contribution in [1.29, 1.82) is 0 Å². The molecule has 1 aromatic heterocycles. The summed E-state index contributed by atoms with van der Waals surface area (Å²) in [6.07, 6.45) is -3.17. The van der Waals surface area contributed by atoms with Gasteiger partial charge in [0.15, 0.2) is 5.69 Å². The largest absolute Gasteiger partial charge is 0.433 e. The summed E-state index contributed by atoms with van der Waals surface area (Å²) >= 11 is 0. The fourth-order valence-corrected chi connectivity index (χ4v) is 2.01. The van der Waals surface area contributed by atoms with Crippen molar-refractivity contribution in [3.8, 4) is 5.69 Å². The molecule has 0 radical (unpaired) electrons. The lowest BCUT2D eigenvalue weighted by Gasteiger charge is -2.14. The number of benzene rings is 1. The van der Waals surface area contributed by atoms with Gasteiger partial charge in [-0.25, -0.2) is 4.68 Å². The third-order valence-electron chi connectivity index (χ3n) is 3.09. The summed E-state index contributed by atoms with van der Waals surface area (Å²) in [5.74, 6) is 0. The molecule has 0 aliphatic heterocycles. The highest BCUT2D eigenvalue weighted by Gasteiger charge is 2.38. The summed E-state index contributed by atoms with van der Waals surface area (Å²) in [6, 6.07) is 6.91. The molecule has 6 heteroatoms. The molecule has 0 unspecified atom stereocenters. The van der Waals surface area contributed by atoms with E-state index in [1.165, 1.54) is 6.20 Å². The maximum Gasteiger partial charge on any atom is 0.433 e. The van der Waals surface area contributed by atoms with Crippen molar-refractivity contribution in [2.24, 2.45) is 0 Å². The molecule has 0 saturated carbocycles. The minimum atomic E-state index is -4.45. The Hall–Kier alpha value is -1.82. The first-order valence-electron chi connectivity index (χ1n) is 6.73. The van der Waals surface area contributed by atoms with E-state index in [1.54, 1.807) is 24.3 Å². The van der Waals surface area contributed by atoms with Crippen LogP contribution in [0.4, 0.5) is 13.2 Å². The van der Waals surface area contributed by atoms with Crippen LogP contribution in [0.3, 0.4) is 0 Å². The molecular formula is C15H18F3N3. The first-order chi connectivity index (χ1) is 9.79. The molecule has 0 atom stereocenters. The van der Waals surface area contributed by atoms with E-state index in [-0.39, 0.29) is 18.2 Å². The second-order valence-electron chi connectivity index (χ2n) is 5.30. The van der Waals surface area contributed by atoms with Crippen molar-refractivity contribution in [2.45, 2.75) is 39.5 Å². The number of rotatable bonds is 4. The maximum absolute atomic E-state index is 13.3. The normalized spacial score (nSPS) is 12.1. The van der Waals surface area contributed by atoms with Crippen LogP contribution in [0.2, 0.25) is 0 Å². The Kier molecular flexibility index (Phi) is 4.37. The highest BCUT2D eigenvalue weighted by Crippen LogP contribution is 2.33. The molecule has 2 rings (SSSR count). The number of alkyl halides is 3. The predicted octanol–water partition coefficient (Wildman–Crippen LogP) is 3.70. The average molecular weight is 297 g/mol. The number of nitrogens with zero attached hydrogens (tertiary/aromatic N) is 2. The number of hydrogen-bond donors (Lipinski definition) is 1. The van der Waals surface area contributed by atoms with Crippen molar-refractivity contribution in [1.82, 2.24) is 15.1 Å². The van der Waals surface area contributed by atoms with Gasteiger partial charge in [0.25, 0.3) is 0 Å². The van der Waals surface area contributed by atoms with Crippen LogP contribution in [0.15, 0.2) is 30.5 Å². The summed E-state index contributed by atoms with van der Waals surface area (Å²) in [5, 5.41) is 6.91. The molecular weight excluding hydrogens is 279 g/mol. The van der Waals surface area contributed by atoms with E-state index in [9.17, 15) is 13.2 Å². The summed E-state index contributed by atoms with van der Waals surface area (Å²) in [5.41, 5.74) is 0.821. The molecule has 1 heterocycles. The first kappa shape index (κ1) is 15.6. The van der Waals surface area contributed by atoms with E-state index in [0.29, 0.717) is 5.69 Å². The van der Waals surface area contributed by atoms with Gasteiger partial charge in [0, 0.05) is 18.2 Å². The van der Waals surface area contributed by atoms with Crippen LogP contribution in [0.1, 0.15) is 30.7 Å². The monoisotopic (exact) mass is 297 g/mol. The van der Waals surface area contributed by atoms with Crippen molar-refractivity contribution in [3.63, 3.8) is 0 Å². The van der Waals surface area contributed by atoms with E-state index in [0.717, 1.165) is 10.2 Å². The molecule has 0 amide bonds. The van der Waals surface area contributed by atoms with Gasteiger partial charge >= 0.3 is 6.18 Å². The Morgan fingerprint density at radius 2 is 1.81 bits per heavy atom. The fraction of sp³-hybridized carbons (Fsp3) is 0.400. The van der Waals surface area contributed by atoms with Crippen LogP contribution >= 0.6 is 0 Å². The molecule has 0 bridgehead atoms. The lowest BCUT2D eigenvalue weighted by molar-refractivity contribution is -0.143. The highest BCUT2D eigenvalue weighted by atomic mass is 19.4. The number of aryl methyl sites for hydroxylation is 1. The van der Waals surface area contributed by atoms with Gasteiger partial charge < -0.3 is 5.32 Å². The number of aromatic nitrogens is 2. The second kappa shape index (κ2) is 5.89. The smallest absolute Gasteiger partial charge is 0.310 e. The highest BCUT2D eigenvalue weighted by molar-refractivity contribution is 5.38. The van der Waals surface area contributed by atoms with Crippen molar-refractivity contribution in [3.05, 3.63) is 47.3 Å². The Morgan fingerprint density at radius 3 is 2.33 bits per heavy atom. The zero-order valence-electron chi connectivity index (χ0n) is 12.2. The van der Waals surface area contributed by atoms with Crippen LogP contribution < -0.4 is 5.32 Å². The Bertz CT molecular complexity index is 598. The van der Waals surface area contributed by atoms with Gasteiger partial charge in [-0.1, -0.05) is 31.5 Å². The minimum Gasteiger partial charge on any atom is -0.310 e. The summed E-state index contributed by atoms with van der Waals surface area (Å²) in [4.78, 5) is 0. The zero-order valence-corrected chi connectivity index (χ0v) is 12.2. The van der Waals surface area contributed by atoms with Crippen LogP contribution in [0.5, 0.6) is 0 Å². The molecule has 0 aliphatic rings. The second-order valence-corrected chi connectivity index (χ2v) is 5.30. The van der Waals surface area contributed by atoms with Gasteiger partial charge in [0.2, 0.25) is 0 Å².